The molecule has 0 aliphatic heterocycles. The largest absolute Gasteiger partial charge is 0.397 e. The van der Waals surface area contributed by atoms with Gasteiger partial charge in [-0.1, -0.05) is 54.1 Å². The van der Waals surface area contributed by atoms with Crippen LogP contribution in [0, 0.1) is 0 Å². The Bertz CT molecular complexity index is 712. The Morgan fingerprint density at radius 1 is 0.842 bits per heavy atom. The maximum atomic E-state index is 6.19. The van der Waals surface area contributed by atoms with E-state index in [4.69, 9.17) is 17.3 Å². The average Bonchev–Trinajstić information content (AvgIpc) is 2.43. The number of nitrogens with one attached hydrogen (secondary N) is 1. The lowest BCUT2D eigenvalue weighted by Crippen LogP contribution is -1.97. The maximum Gasteiger partial charge on any atom is 0.0807 e. The second kappa shape index (κ2) is 4.82. The molecule has 0 aromatic heterocycles. The molecule has 3 aromatic rings. The van der Waals surface area contributed by atoms with Crippen molar-refractivity contribution >= 4 is 39.4 Å². The highest BCUT2D eigenvalue weighted by atomic mass is 35.5. The predicted molar refractivity (Wildman–Crippen MR) is 83.1 cm³/mol. The molecule has 0 radical (unpaired) electrons. The summed E-state index contributed by atoms with van der Waals surface area (Å²) in [4.78, 5) is 0. The van der Waals surface area contributed by atoms with Crippen LogP contribution in [-0.4, -0.2) is 0 Å². The maximum absolute atomic E-state index is 6.19. The number of hydrogen-bond donors (Lipinski definition) is 2. The third kappa shape index (κ3) is 2.23. The minimum atomic E-state index is 0.618. The van der Waals surface area contributed by atoms with Gasteiger partial charge < -0.3 is 11.1 Å². The van der Waals surface area contributed by atoms with Crippen molar-refractivity contribution in [2.24, 2.45) is 0 Å². The Labute approximate surface area is 116 Å². The van der Waals surface area contributed by atoms with Crippen molar-refractivity contribution in [1.82, 2.24) is 0 Å². The number of hydrogen-bond acceptors (Lipinski definition) is 2. The molecular weight excluding hydrogens is 256 g/mol. The van der Waals surface area contributed by atoms with Crippen LogP contribution in [0.15, 0.2) is 60.7 Å². The standard InChI is InChI=1S/C16H13ClN2/c17-13-8-4-9-14(18)16(13)19-15-10-3-6-11-5-1-2-7-12(11)15/h1-10,19H,18H2. The van der Waals surface area contributed by atoms with Crippen LogP contribution in [0.5, 0.6) is 0 Å². The van der Waals surface area contributed by atoms with Crippen molar-refractivity contribution in [1.29, 1.82) is 0 Å². The van der Waals surface area contributed by atoms with E-state index in [0.29, 0.717) is 10.7 Å². The molecular formula is C16H13ClN2. The Kier molecular flexibility index (Phi) is 3.02. The first-order valence-electron chi connectivity index (χ1n) is 6.04. The summed E-state index contributed by atoms with van der Waals surface area (Å²) in [5.74, 6) is 0. The van der Waals surface area contributed by atoms with Gasteiger partial charge in [0.05, 0.1) is 16.4 Å². The Morgan fingerprint density at radius 3 is 2.42 bits per heavy atom. The molecule has 0 saturated heterocycles. The van der Waals surface area contributed by atoms with Crippen LogP contribution in [0.4, 0.5) is 17.1 Å². The molecule has 3 N–H and O–H groups in total. The molecule has 2 nitrogen and oxygen atoms in total. The number of anilines is 3. The average molecular weight is 269 g/mol. The monoisotopic (exact) mass is 268 g/mol. The number of nitrogens with two attached hydrogens (primary N) is 1. The Morgan fingerprint density at radius 2 is 1.58 bits per heavy atom. The lowest BCUT2D eigenvalue weighted by molar-refractivity contribution is 1.57. The van der Waals surface area contributed by atoms with E-state index in [1.165, 1.54) is 5.39 Å². The van der Waals surface area contributed by atoms with Crippen molar-refractivity contribution in [3.8, 4) is 0 Å². The van der Waals surface area contributed by atoms with Gasteiger partial charge in [-0.3, -0.25) is 0 Å². The first-order chi connectivity index (χ1) is 9.25. The molecule has 19 heavy (non-hydrogen) atoms. The molecule has 0 spiro atoms. The molecule has 3 rings (SSSR count). The van der Waals surface area contributed by atoms with E-state index in [-0.39, 0.29) is 0 Å². The highest BCUT2D eigenvalue weighted by molar-refractivity contribution is 6.34. The van der Waals surface area contributed by atoms with Crippen LogP contribution in [0.1, 0.15) is 0 Å². The smallest absolute Gasteiger partial charge is 0.0807 e. The highest BCUT2D eigenvalue weighted by Crippen LogP contribution is 2.33. The SMILES string of the molecule is Nc1cccc(Cl)c1Nc1cccc2ccccc12. The van der Waals surface area contributed by atoms with E-state index < -0.39 is 0 Å². The van der Waals surface area contributed by atoms with Crippen molar-refractivity contribution in [2.45, 2.75) is 0 Å². The van der Waals surface area contributed by atoms with Gasteiger partial charge in [-0.2, -0.15) is 0 Å². The number of benzene rings is 3. The number of fused-ring (bicyclic) bond motifs is 1. The summed E-state index contributed by atoms with van der Waals surface area (Å²) in [5.41, 5.74) is 8.35. The van der Waals surface area contributed by atoms with Crippen LogP contribution in [-0.2, 0) is 0 Å². The molecule has 0 heterocycles. The summed E-state index contributed by atoms with van der Waals surface area (Å²) in [7, 11) is 0. The van der Waals surface area contributed by atoms with Gasteiger partial charge in [-0.25, -0.2) is 0 Å². The number of nitrogen functional groups attached to an aromatic ring is 1. The number of rotatable bonds is 2. The predicted octanol–water partition coefficient (Wildman–Crippen LogP) is 4.82. The second-order valence-corrected chi connectivity index (χ2v) is 4.76. The van der Waals surface area contributed by atoms with Crippen LogP contribution in [0.25, 0.3) is 10.8 Å². The second-order valence-electron chi connectivity index (χ2n) is 4.36. The topological polar surface area (TPSA) is 38.0 Å². The van der Waals surface area contributed by atoms with Gasteiger partial charge in [0.2, 0.25) is 0 Å². The van der Waals surface area contributed by atoms with E-state index in [1.807, 2.05) is 42.5 Å². The fourth-order valence-electron chi connectivity index (χ4n) is 2.14. The molecule has 0 atom stereocenters. The lowest BCUT2D eigenvalue weighted by atomic mass is 10.1. The van der Waals surface area contributed by atoms with E-state index in [1.54, 1.807) is 0 Å². The van der Waals surface area contributed by atoms with Crippen LogP contribution < -0.4 is 11.1 Å². The minimum absolute atomic E-state index is 0.618. The summed E-state index contributed by atoms with van der Waals surface area (Å²) >= 11 is 6.19. The molecule has 0 aliphatic carbocycles. The van der Waals surface area contributed by atoms with Crippen molar-refractivity contribution in [2.75, 3.05) is 11.1 Å². The Hall–Kier alpha value is -2.19. The zero-order chi connectivity index (χ0) is 13.2. The first-order valence-corrected chi connectivity index (χ1v) is 6.42. The van der Waals surface area contributed by atoms with E-state index >= 15 is 0 Å². The molecule has 94 valence electrons. The number of para-hydroxylation sites is 1. The highest BCUT2D eigenvalue weighted by Gasteiger charge is 2.06. The van der Waals surface area contributed by atoms with Crippen molar-refractivity contribution in [3.05, 3.63) is 65.7 Å². The molecule has 3 aromatic carbocycles. The summed E-state index contributed by atoms with van der Waals surface area (Å²) in [6.07, 6.45) is 0. The molecule has 3 heteroatoms. The number of halogens is 1. The molecule has 0 fully saturated rings. The lowest BCUT2D eigenvalue weighted by Gasteiger charge is -2.13. The van der Waals surface area contributed by atoms with Gasteiger partial charge >= 0.3 is 0 Å². The summed E-state index contributed by atoms with van der Waals surface area (Å²) in [6.45, 7) is 0. The van der Waals surface area contributed by atoms with Gasteiger partial charge in [0.1, 0.15) is 0 Å². The van der Waals surface area contributed by atoms with E-state index in [0.717, 1.165) is 16.8 Å². The van der Waals surface area contributed by atoms with Gasteiger partial charge in [-0.15, -0.1) is 0 Å². The summed E-state index contributed by atoms with van der Waals surface area (Å²) in [5, 5.41) is 6.27. The molecule has 0 aliphatic rings. The summed E-state index contributed by atoms with van der Waals surface area (Å²) < 4.78 is 0. The zero-order valence-corrected chi connectivity index (χ0v) is 11.0. The minimum Gasteiger partial charge on any atom is -0.397 e. The van der Waals surface area contributed by atoms with Crippen molar-refractivity contribution in [3.63, 3.8) is 0 Å². The van der Waals surface area contributed by atoms with E-state index in [9.17, 15) is 0 Å². The third-order valence-electron chi connectivity index (χ3n) is 3.10. The zero-order valence-electron chi connectivity index (χ0n) is 10.2. The van der Waals surface area contributed by atoms with Crippen LogP contribution in [0.3, 0.4) is 0 Å². The quantitative estimate of drug-likeness (QED) is 0.654. The van der Waals surface area contributed by atoms with Gasteiger partial charge in [-0.05, 0) is 23.6 Å². The van der Waals surface area contributed by atoms with Crippen LogP contribution >= 0.6 is 11.6 Å². The molecule has 0 amide bonds. The normalized spacial score (nSPS) is 10.6. The van der Waals surface area contributed by atoms with Crippen molar-refractivity contribution < 1.29 is 0 Å². The van der Waals surface area contributed by atoms with Crippen LogP contribution in [0.2, 0.25) is 5.02 Å². The third-order valence-corrected chi connectivity index (χ3v) is 3.41. The van der Waals surface area contributed by atoms with Gasteiger partial charge in [0.25, 0.3) is 0 Å². The Balaban J connectivity index is 2.11. The molecule has 0 bridgehead atoms. The van der Waals surface area contributed by atoms with E-state index in [2.05, 4.69) is 23.5 Å². The van der Waals surface area contributed by atoms with Gasteiger partial charge in [0, 0.05) is 11.1 Å². The summed E-state index contributed by atoms with van der Waals surface area (Å²) in [6, 6.07) is 19.8. The first kappa shape index (κ1) is 11.9. The molecule has 0 unspecified atom stereocenters. The fourth-order valence-corrected chi connectivity index (χ4v) is 2.37. The van der Waals surface area contributed by atoms with Gasteiger partial charge in [0.15, 0.2) is 0 Å². The fraction of sp³-hybridized carbons (Fsp3) is 0. The molecule has 0 saturated carbocycles.